The lowest BCUT2D eigenvalue weighted by atomic mass is 10.3. The van der Waals surface area contributed by atoms with Gasteiger partial charge >= 0.3 is 0 Å². The van der Waals surface area contributed by atoms with Crippen LogP contribution in [0.15, 0.2) is 42.5 Å². The first-order valence-corrected chi connectivity index (χ1v) is 8.52. The molecule has 0 N–H and O–H groups in total. The molecule has 112 valence electrons. The van der Waals surface area contributed by atoms with Crippen molar-refractivity contribution in [1.29, 1.82) is 0 Å². The Bertz CT molecular complexity index is 878. The Hall–Kier alpha value is -1.98. The molecule has 4 aromatic rings. The van der Waals surface area contributed by atoms with Crippen molar-refractivity contribution >= 4 is 43.1 Å². The Kier molecular flexibility index (Phi) is 4.36. The van der Waals surface area contributed by atoms with Crippen LogP contribution in [-0.4, -0.2) is 17.1 Å². The average molecular weight is 328 g/mol. The summed E-state index contributed by atoms with van der Waals surface area (Å²) in [5.41, 5.74) is 2.14. The van der Waals surface area contributed by atoms with Gasteiger partial charge in [0, 0.05) is 6.07 Å². The van der Waals surface area contributed by atoms with E-state index in [-0.39, 0.29) is 0 Å². The van der Waals surface area contributed by atoms with E-state index in [1.165, 1.54) is 9.40 Å². The van der Waals surface area contributed by atoms with Crippen LogP contribution in [0.3, 0.4) is 0 Å². The van der Waals surface area contributed by atoms with Crippen LogP contribution >= 0.6 is 22.7 Å². The van der Waals surface area contributed by atoms with Crippen LogP contribution in [0.4, 0.5) is 0 Å². The summed E-state index contributed by atoms with van der Waals surface area (Å²) in [6.45, 7) is 4.04. The van der Waals surface area contributed by atoms with Crippen molar-refractivity contribution in [2.45, 2.75) is 13.8 Å². The molecule has 0 amide bonds. The molecule has 0 aliphatic rings. The van der Waals surface area contributed by atoms with Crippen LogP contribution in [0.25, 0.3) is 20.4 Å². The van der Waals surface area contributed by atoms with Crippen LogP contribution in [-0.2, 0) is 0 Å². The molecule has 3 nitrogen and oxygen atoms in total. The van der Waals surface area contributed by atoms with Crippen LogP contribution in [0.2, 0.25) is 0 Å². The molecular formula is C17H16N2OS2. The summed E-state index contributed by atoms with van der Waals surface area (Å²) in [6, 6.07) is 14.2. The van der Waals surface area contributed by atoms with Gasteiger partial charge in [-0.3, -0.25) is 0 Å². The second-order valence-electron chi connectivity index (χ2n) is 4.77. The van der Waals surface area contributed by atoms with E-state index in [0.29, 0.717) is 0 Å². The minimum Gasteiger partial charge on any atom is -0.497 e. The summed E-state index contributed by atoms with van der Waals surface area (Å²) in [5.74, 6) is 0.868. The summed E-state index contributed by atoms with van der Waals surface area (Å²) in [5, 5.41) is 2.24. The number of ether oxygens (including phenoxy) is 1. The SMILES string of the molecule is COc1ccc2sc(C)nc2c1.Cc1nc2ccccc2s1. The number of fused-ring (bicyclic) bond motifs is 2. The third-order valence-corrected chi connectivity index (χ3v) is 5.01. The number of hydrogen-bond donors (Lipinski definition) is 0. The first-order chi connectivity index (χ1) is 10.7. The number of benzene rings is 2. The summed E-state index contributed by atoms with van der Waals surface area (Å²) in [4.78, 5) is 8.69. The monoisotopic (exact) mass is 328 g/mol. The molecule has 0 fully saturated rings. The highest BCUT2D eigenvalue weighted by Crippen LogP contribution is 2.25. The quantitative estimate of drug-likeness (QED) is 0.480. The molecule has 0 radical (unpaired) electrons. The average Bonchev–Trinajstić information content (AvgIpc) is 3.07. The Morgan fingerprint density at radius 2 is 1.45 bits per heavy atom. The highest BCUT2D eigenvalue weighted by molar-refractivity contribution is 7.18. The van der Waals surface area contributed by atoms with Gasteiger partial charge in [-0.25, -0.2) is 9.97 Å². The number of aromatic nitrogens is 2. The largest absolute Gasteiger partial charge is 0.497 e. The smallest absolute Gasteiger partial charge is 0.121 e. The molecule has 2 aromatic heterocycles. The Morgan fingerprint density at radius 3 is 2.14 bits per heavy atom. The van der Waals surface area contributed by atoms with Crippen molar-refractivity contribution in [2.75, 3.05) is 7.11 Å². The summed E-state index contributed by atoms with van der Waals surface area (Å²) in [7, 11) is 1.67. The third kappa shape index (κ3) is 3.26. The van der Waals surface area contributed by atoms with Crippen LogP contribution in [0.5, 0.6) is 5.75 Å². The van der Waals surface area contributed by atoms with Crippen molar-refractivity contribution in [2.24, 2.45) is 0 Å². The molecule has 0 saturated carbocycles. The van der Waals surface area contributed by atoms with Crippen LogP contribution in [0, 0.1) is 13.8 Å². The minimum absolute atomic E-state index is 0.868. The Balaban J connectivity index is 0.000000133. The van der Waals surface area contributed by atoms with E-state index < -0.39 is 0 Å². The van der Waals surface area contributed by atoms with Gasteiger partial charge in [-0.2, -0.15) is 0 Å². The first-order valence-electron chi connectivity index (χ1n) is 6.89. The topological polar surface area (TPSA) is 35.0 Å². The van der Waals surface area contributed by atoms with Crippen LogP contribution in [0.1, 0.15) is 10.0 Å². The van der Waals surface area contributed by atoms with Crippen LogP contribution < -0.4 is 4.74 Å². The molecule has 0 spiro atoms. The number of thiazole rings is 2. The Morgan fingerprint density at radius 1 is 0.818 bits per heavy atom. The minimum atomic E-state index is 0.868. The zero-order chi connectivity index (χ0) is 15.5. The van der Waals surface area contributed by atoms with E-state index in [2.05, 4.69) is 16.0 Å². The maximum Gasteiger partial charge on any atom is 0.121 e. The van der Waals surface area contributed by atoms with Gasteiger partial charge < -0.3 is 4.74 Å². The normalized spacial score (nSPS) is 10.5. The molecule has 5 heteroatoms. The van der Waals surface area contributed by atoms with Gasteiger partial charge in [0.2, 0.25) is 0 Å². The van der Waals surface area contributed by atoms with Crippen molar-refractivity contribution in [1.82, 2.24) is 9.97 Å². The number of hydrogen-bond acceptors (Lipinski definition) is 5. The van der Waals surface area contributed by atoms with Gasteiger partial charge in [-0.1, -0.05) is 12.1 Å². The van der Waals surface area contributed by atoms with E-state index in [1.54, 1.807) is 29.8 Å². The molecule has 0 saturated heterocycles. The zero-order valence-corrected chi connectivity index (χ0v) is 14.3. The lowest BCUT2D eigenvalue weighted by Gasteiger charge is -1.96. The molecule has 4 rings (SSSR count). The van der Waals surface area contributed by atoms with E-state index in [9.17, 15) is 0 Å². The fraction of sp³-hybridized carbons (Fsp3) is 0.176. The van der Waals surface area contributed by atoms with E-state index in [4.69, 9.17) is 4.74 Å². The molecule has 0 atom stereocenters. The van der Waals surface area contributed by atoms with Crippen molar-refractivity contribution in [3.8, 4) is 5.75 Å². The van der Waals surface area contributed by atoms with E-state index in [0.717, 1.165) is 26.8 Å². The van der Waals surface area contributed by atoms with Crippen molar-refractivity contribution < 1.29 is 4.74 Å². The van der Waals surface area contributed by atoms with Gasteiger partial charge in [-0.15, -0.1) is 22.7 Å². The molecule has 2 heterocycles. The predicted octanol–water partition coefficient (Wildman–Crippen LogP) is 5.22. The standard InChI is InChI=1S/C9H9NOS.C8H7NS/c1-6-10-8-5-7(11-2)3-4-9(8)12-6;1-6-9-7-4-2-3-5-8(7)10-6/h3-5H,1-2H3;2-5H,1H3. The molecule has 0 aliphatic heterocycles. The highest BCUT2D eigenvalue weighted by Gasteiger charge is 2.00. The number of aryl methyl sites for hydroxylation is 2. The molecule has 22 heavy (non-hydrogen) atoms. The molecule has 0 unspecified atom stereocenters. The molecule has 2 aromatic carbocycles. The van der Waals surface area contributed by atoms with Crippen molar-refractivity contribution in [3.05, 3.63) is 52.5 Å². The summed E-state index contributed by atoms with van der Waals surface area (Å²) in [6.07, 6.45) is 0. The van der Waals surface area contributed by atoms with Gasteiger partial charge in [0.25, 0.3) is 0 Å². The Labute approximate surface area is 137 Å². The fourth-order valence-corrected chi connectivity index (χ4v) is 3.77. The fourth-order valence-electron chi connectivity index (χ4n) is 2.14. The lowest BCUT2D eigenvalue weighted by molar-refractivity contribution is 0.415. The molecular weight excluding hydrogens is 312 g/mol. The lowest BCUT2D eigenvalue weighted by Crippen LogP contribution is -1.80. The number of nitrogens with zero attached hydrogens (tertiary/aromatic N) is 2. The number of rotatable bonds is 1. The number of para-hydroxylation sites is 1. The zero-order valence-electron chi connectivity index (χ0n) is 12.7. The van der Waals surface area contributed by atoms with Gasteiger partial charge in [-0.05, 0) is 38.1 Å². The van der Waals surface area contributed by atoms with E-state index in [1.807, 2.05) is 50.2 Å². The highest BCUT2D eigenvalue weighted by atomic mass is 32.1. The molecule has 0 aliphatic carbocycles. The van der Waals surface area contributed by atoms with E-state index >= 15 is 0 Å². The van der Waals surface area contributed by atoms with Gasteiger partial charge in [0.1, 0.15) is 5.75 Å². The maximum absolute atomic E-state index is 5.10. The predicted molar refractivity (Wildman–Crippen MR) is 95.3 cm³/mol. The second-order valence-corrected chi connectivity index (χ2v) is 7.24. The van der Waals surface area contributed by atoms with Gasteiger partial charge in [0.15, 0.2) is 0 Å². The summed E-state index contributed by atoms with van der Waals surface area (Å²) >= 11 is 3.45. The van der Waals surface area contributed by atoms with Crippen molar-refractivity contribution in [3.63, 3.8) is 0 Å². The summed E-state index contributed by atoms with van der Waals surface area (Å²) < 4.78 is 7.59. The third-order valence-electron chi connectivity index (χ3n) is 3.10. The molecule has 0 bridgehead atoms. The number of methoxy groups -OCH3 is 1. The first kappa shape index (κ1) is 14.9. The second kappa shape index (κ2) is 6.42. The maximum atomic E-state index is 5.10. The van der Waals surface area contributed by atoms with Gasteiger partial charge in [0.05, 0.1) is 37.6 Å².